The van der Waals surface area contributed by atoms with Crippen LogP contribution in [0.1, 0.15) is 24.3 Å². The highest BCUT2D eigenvalue weighted by atomic mass is 16.7. The Morgan fingerprint density at radius 2 is 2.21 bits per heavy atom. The Morgan fingerprint density at radius 1 is 1.25 bits per heavy atom. The molecule has 2 aromatic heterocycles. The van der Waals surface area contributed by atoms with Crippen molar-refractivity contribution in [2.45, 2.75) is 32.5 Å². The third-order valence-electron chi connectivity index (χ3n) is 4.73. The number of aromatic nitrogens is 1. The van der Waals surface area contributed by atoms with Crippen LogP contribution < -0.4 is 0 Å². The van der Waals surface area contributed by atoms with Gasteiger partial charge in [-0.2, -0.15) is 0 Å². The van der Waals surface area contributed by atoms with Crippen LogP contribution in [0.4, 0.5) is 0 Å². The lowest BCUT2D eigenvalue weighted by atomic mass is 10.0. The van der Waals surface area contributed by atoms with Gasteiger partial charge in [-0.3, -0.25) is 14.5 Å². The molecule has 0 spiro atoms. The van der Waals surface area contributed by atoms with Crippen LogP contribution in [0.25, 0.3) is 0 Å². The molecule has 24 heavy (non-hydrogen) atoms. The maximum atomic E-state index is 12.5. The second kappa shape index (κ2) is 6.83. The topological polar surface area (TPSA) is 50.9 Å². The predicted molar refractivity (Wildman–Crippen MR) is 87.6 cm³/mol. The van der Waals surface area contributed by atoms with Crippen molar-refractivity contribution in [3.05, 3.63) is 48.2 Å². The molecule has 0 radical (unpaired) electrons. The fourth-order valence-electron chi connectivity index (χ4n) is 3.63. The average Bonchev–Trinajstić information content (AvgIpc) is 3.29. The van der Waals surface area contributed by atoms with Crippen LogP contribution in [0.3, 0.4) is 0 Å². The molecule has 4 rings (SSSR count). The molecule has 2 aliphatic heterocycles. The van der Waals surface area contributed by atoms with Crippen molar-refractivity contribution in [3.8, 4) is 0 Å². The molecule has 1 amide bonds. The summed E-state index contributed by atoms with van der Waals surface area (Å²) in [6.07, 6.45) is 5.27. The van der Waals surface area contributed by atoms with Gasteiger partial charge in [-0.1, -0.05) is 0 Å². The summed E-state index contributed by atoms with van der Waals surface area (Å²) in [5.74, 6) is 1.33. The van der Waals surface area contributed by atoms with Crippen LogP contribution in [0.5, 0.6) is 0 Å². The van der Waals surface area contributed by atoms with Crippen molar-refractivity contribution >= 4 is 5.91 Å². The molecule has 1 atom stereocenters. The molecule has 6 heteroatoms. The van der Waals surface area contributed by atoms with Crippen LogP contribution in [-0.2, 0) is 29.3 Å². The molecule has 1 saturated heterocycles. The van der Waals surface area contributed by atoms with Crippen molar-refractivity contribution in [2.75, 3.05) is 19.7 Å². The van der Waals surface area contributed by atoms with E-state index in [2.05, 4.69) is 27.8 Å². The second-order valence-electron chi connectivity index (χ2n) is 6.65. The van der Waals surface area contributed by atoms with Crippen molar-refractivity contribution in [2.24, 2.45) is 5.92 Å². The zero-order valence-electron chi connectivity index (χ0n) is 13.8. The van der Waals surface area contributed by atoms with Crippen LogP contribution in [0, 0.1) is 5.92 Å². The molecule has 4 heterocycles. The number of fused-ring (bicyclic) bond motifs is 1. The molecule has 2 aliphatic rings. The minimum absolute atomic E-state index is 0.103. The van der Waals surface area contributed by atoms with Crippen LogP contribution in [0.2, 0.25) is 0 Å². The smallest absolute Gasteiger partial charge is 0.246 e. The van der Waals surface area contributed by atoms with E-state index < -0.39 is 0 Å². The Hall–Kier alpha value is -2.05. The Balaban J connectivity index is 1.47. The molecule has 0 aliphatic carbocycles. The highest BCUT2D eigenvalue weighted by Gasteiger charge is 2.27. The predicted octanol–water partition coefficient (Wildman–Crippen LogP) is 2.27. The fourth-order valence-corrected chi connectivity index (χ4v) is 3.63. The van der Waals surface area contributed by atoms with Crippen molar-refractivity contribution < 1.29 is 14.0 Å². The van der Waals surface area contributed by atoms with Crippen molar-refractivity contribution in [3.63, 3.8) is 0 Å². The lowest BCUT2D eigenvalue weighted by molar-refractivity contribution is -0.170. The summed E-state index contributed by atoms with van der Waals surface area (Å²) >= 11 is 0. The Labute approximate surface area is 141 Å². The molecule has 0 bridgehead atoms. The van der Waals surface area contributed by atoms with Gasteiger partial charge in [0.05, 0.1) is 26.0 Å². The molecule has 6 nitrogen and oxygen atoms in total. The van der Waals surface area contributed by atoms with E-state index in [9.17, 15) is 4.79 Å². The summed E-state index contributed by atoms with van der Waals surface area (Å²) in [4.78, 5) is 20.2. The monoisotopic (exact) mass is 329 g/mol. The van der Waals surface area contributed by atoms with E-state index >= 15 is 0 Å². The quantitative estimate of drug-likeness (QED) is 0.863. The van der Waals surface area contributed by atoms with E-state index in [0.29, 0.717) is 13.0 Å². The summed E-state index contributed by atoms with van der Waals surface area (Å²) in [5.41, 5.74) is 1.29. The van der Waals surface area contributed by atoms with Crippen molar-refractivity contribution in [1.29, 1.82) is 0 Å². The van der Waals surface area contributed by atoms with Gasteiger partial charge in [0.15, 0.2) is 0 Å². The Kier molecular flexibility index (Phi) is 4.40. The first-order valence-electron chi connectivity index (χ1n) is 8.60. The van der Waals surface area contributed by atoms with E-state index in [-0.39, 0.29) is 11.8 Å². The number of carbonyl (C=O) groups excluding carboxylic acids is 1. The minimum atomic E-state index is 0.103. The average molecular weight is 329 g/mol. The molecule has 0 saturated carbocycles. The standard InChI is InChI=1S/C18H23N3O3/c22-18(21-7-3-9-24-21)10-15-11-19(14-17-5-2-8-23-17)13-16-4-1-6-20(16)12-15/h1-2,4-6,8,15H,3,7,9-14H2/t15-/m1/s1. The van der Waals surface area contributed by atoms with Gasteiger partial charge in [0.2, 0.25) is 5.91 Å². The number of hydrogen-bond acceptors (Lipinski definition) is 4. The molecular weight excluding hydrogens is 306 g/mol. The van der Waals surface area contributed by atoms with Gasteiger partial charge < -0.3 is 8.98 Å². The largest absolute Gasteiger partial charge is 0.468 e. The van der Waals surface area contributed by atoms with Gasteiger partial charge in [0, 0.05) is 37.9 Å². The van der Waals surface area contributed by atoms with E-state index in [1.165, 1.54) is 5.69 Å². The van der Waals surface area contributed by atoms with E-state index in [1.807, 2.05) is 12.1 Å². The highest BCUT2D eigenvalue weighted by molar-refractivity contribution is 5.75. The molecular formula is C18H23N3O3. The number of nitrogens with zero attached hydrogens (tertiary/aromatic N) is 3. The summed E-state index contributed by atoms with van der Waals surface area (Å²) in [7, 11) is 0. The number of hydrogen-bond donors (Lipinski definition) is 0. The molecule has 128 valence electrons. The van der Waals surface area contributed by atoms with Gasteiger partial charge >= 0.3 is 0 Å². The van der Waals surface area contributed by atoms with Crippen LogP contribution in [0.15, 0.2) is 41.1 Å². The van der Waals surface area contributed by atoms with Crippen LogP contribution >= 0.6 is 0 Å². The summed E-state index contributed by atoms with van der Waals surface area (Å²) in [6, 6.07) is 8.15. The number of hydroxylamine groups is 2. The third-order valence-corrected chi connectivity index (χ3v) is 4.73. The maximum absolute atomic E-state index is 12.5. The molecule has 0 aromatic carbocycles. The Morgan fingerprint density at radius 3 is 3.00 bits per heavy atom. The number of rotatable bonds is 4. The summed E-state index contributed by atoms with van der Waals surface area (Å²) < 4.78 is 7.77. The number of amides is 1. The van der Waals surface area contributed by atoms with Crippen LogP contribution in [-0.4, -0.2) is 40.1 Å². The van der Waals surface area contributed by atoms with Gasteiger partial charge in [0.25, 0.3) is 0 Å². The van der Waals surface area contributed by atoms with Gasteiger partial charge in [-0.05, 0) is 36.6 Å². The zero-order valence-corrected chi connectivity index (χ0v) is 13.8. The highest BCUT2D eigenvalue weighted by Crippen LogP contribution is 2.22. The van der Waals surface area contributed by atoms with E-state index in [1.54, 1.807) is 11.3 Å². The lowest BCUT2D eigenvalue weighted by Gasteiger charge is -2.24. The molecule has 0 unspecified atom stereocenters. The first-order chi connectivity index (χ1) is 11.8. The Bertz CT molecular complexity index is 674. The summed E-state index contributed by atoms with van der Waals surface area (Å²) in [6.45, 7) is 4.76. The fraction of sp³-hybridized carbons (Fsp3) is 0.500. The van der Waals surface area contributed by atoms with Gasteiger partial charge in [-0.25, -0.2) is 5.06 Å². The molecule has 2 aromatic rings. The second-order valence-corrected chi connectivity index (χ2v) is 6.65. The summed E-state index contributed by atoms with van der Waals surface area (Å²) in [5, 5.41) is 1.54. The van der Waals surface area contributed by atoms with Gasteiger partial charge in [0.1, 0.15) is 5.76 Å². The minimum Gasteiger partial charge on any atom is -0.468 e. The first-order valence-corrected chi connectivity index (χ1v) is 8.60. The normalized spacial score (nSPS) is 21.7. The lowest BCUT2D eigenvalue weighted by Crippen LogP contribution is -2.33. The SMILES string of the molecule is O=C(C[C@@H]1CN(Cc2ccco2)Cc2cccn2C1)N1CCCO1. The van der Waals surface area contributed by atoms with Gasteiger partial charge in [-0.15, -0.1) is 0 Å². The number of furan rings is 1. The molecule has 0 N–H and O–H groups in total. The number of carbonyl (C=O) groups is 1. The van der Waals surface area contributed by atoms with E-state index in [0.717, 1.165) is 44.9 Å². The zero-order chi connectivity index (χ0) is 16.4. The third kappa shape index (κ3) is 3.39. The molecule has 1 fully saturated rings. The first kappa shape index (κ1) is 15.5. The maximum Gasteiger partial charge on any atom is 0.246 e. The van der Waals surface area contributed by atoms with E-state index in [4.69, 9.17) is 9.25 Å². The van der Waals surface area contributed by atoms with Crippen molar-refractivity contribution in [1.82, 2.24) is 14.5 Å².